The third kappa shape index (κ3) is 5.66. The average molecular weight is 343 g/mol. The molecule has 5 nitrogen and oxygen atoms in total. The van der Waals surface area contributed by atoms with Crippen LogP contribution in [0.25, 0.3) is 0 Å². The number of rotatable bonds is 7. The van der Waals surface area contributed by atoms with E-state index in [1.165, 1.54) is 4.31 Å². The van der Waals surface area contributed by atoms with Gasteiger partial charge in [0.05, 0.1) is 23.0 Å². The molecule has 1 aromatic rings. The normalized spacial score (nSPS) is 13.7. The van der Waals surface area contributed by atoms with Crippen LogP contribution in [0.2, 0.25) is 0 Å². The summed E-state index contributed by atoms with van der Waals surface area (Å²) in [5.41, 5.74) is 1.43. The molecule has 0 aliphatic rings. The van der Waals surface area contributed by atoms with Gasteiger partial charge in [-0.05, 0) is 32.9 Å². The molecule has 0 aliphatic carbocycles. The van der Waals surface area contributed by atoms with E-state index in [9.17, 15) is 8.42 Å². The number of nitrogens with zero attached hydrogens (tertiary/aromatic N) is 3. The summed E-state index contributed by atoms with van der Waals surface area (Å²) in [5, 5.41) is 17.6. The molecular formula is C18H21N3O2S. The number of allylic oxidation sites excluding steroid dienone is 2. The van der Waals surface area contributed by atoms with Crippen LogP contribution < -0.4 is 0 Å². The Morgan fingerprint density at radius 1 is 1.25 bits per heavy atom. The zero-order valence-corrected chi connectivity index (χ0v) is 14.9. The highest BCUT2D eigenvalue weighted by atomic mass is 32.2. The van der Waals surface area contributed by atoms with Gasteiger partial charge in [-0.3, -0.25) is 0 Å². The fourth-order valence-electron chi connectivity index (χ4n) is 1.84. The molecule has 0 fully saturated rings. The van der Waals surface area contributed by atoms with E-state index in [0.29, 0.717) is 5.57 Å². The number of aryl methyl sites for hydroxylation is 1. The van der Waals surface area contributed by atoms with Crippen LogP contribution in [0.5, 0.6) is 0 Å². The van der Waals surface area contributed by atoms with Gasteiger partial charge in [0.2, 0.25) is 10.0 Å². The molecular weight excluding hydrogens is 322 g/mol. The topological polar surface area (TPSA) is 85.0 Å². The molecule has 24 heavy (non-hydrogen) atoms. The number of nitriles is 2. The Morgan fingerprint density at radius 2 is 1.88 bits per heavy atom. The Hall–Kier alpha value is -2.41. The van der Waals surface area contributed by atoms with Crippen LogP contribution in [-0.2, 0) is 10.0 Å². The lowest BCUT2D eigenvalue weighted by atomic mass is 10.2. The Bertz CT molecular complexity index is 794. The molecule has 0 aromatic heterocycles. The Balaban J connectivity index is 3.11. The summed E-state index contributed by atoms with van der Waals surface area (Å²) in [7, 11) is -3.68. The summed E-state index contributed by atoms with van der Waals surface area (Å²) >= 11 is 0. The van der Waals surface area contributed by atoms with Gasteiger partial charge < -0.3 is 0 Å². The first-order chi connectivity index (χ1) is 11.3. The quantitative estimate of drug-likeness (QED) is 0.562. The van der Waals surface area contributed by atoms with Crippen molar-refractivity contribution < 1.29 is 8.42 Å². The first kappa shape index (κ1) is 19.6. The molecule has 0 amide bonds. The summed E-state index contributed by atoms with van der Waals surface area (Å²) in [4.78, 5) is 0.206. The SMILES string of the molecule is C/C(C#N)=C\CN(C/C=C/C(C)C#N)S(=O)(=O)c1ccc(C)cc1. The molecule has 0 saturated carbocycles. The van der Waals surface area contributed by atoms with Crippen molar-refractivity contribution in [3.05, 3.63) is 53.6 Å². The molecule has 1 atom stereocenters. The number of sulfonamides is 1. The van der Waals surface area contributed by atoms with E-state index in [4.69, 9.17) is 10.5 Å². The van der Waals surface area contributed by atoms with E-state index >= 15 is 0 Å². The molecule has 0 saturated heterocycles. The third-order valence-electron chi connectivity index (χ3n) is 3.37. The predicted molar refractivity (Wildman–Crippen MR) is 93.2 cm³/mol. The van der Waals surface area contributed by atoms with Crippen molar-refractivity contribution in [3.63, 3.8) is 0 Å². The molecule has 1 aromatic carbocycles. The fraction of sp³-hybridized carbons (Fsp3) is 0.333. The number of hydrogen-bond donors (Lipinski definition) is 0. The monoisotopic (exact) mass is 343 g/mol. The molecule has 0 aliphatic heterocycles. The van der Waals surface area contributed by atoms with Crippen LogP contribution in [0.3, 0.4) is 0 Å². The van der Waals surface area contributed by atoms with E-state index in [2.05, 4.69) is 6.07 Å². The van der Waals surface area contributed by atoms with Gasteiger partial charge in [0, 0.05) is 18.7 Å². The maximum atomic E-state index is 12.8. The van der Waals surface area contributed by atoms with Crippen molar-refractivity contribution in [1.29, 1.82) is 10.5 Å². The van der Waals surface area contributed by atoms with Crippen molar-refractivity contribution in [2.24, 2.45) is 5.92 Å². The molecule has 0 spiro atoms. The third-order valence-corrected chi connectivity index (χ3v) is 5.22. The Labute approximate surface area is 144 Å². The van der Waals surface area contributed by atoms with Crippen LogP contribution in [0, 0.1) is 35.5 Å². The summed E-state index contributed by atoms with van der Waals surface area (Å²) in [5.74, 6) is -0.287. The van der Waals surface area contributed by atoms with Crippen LogP contribution >= 0.6 is 0 Å². The zero-order valence-electron chi connectivity index (χ0n) is 14.1. The van der Waals surface area contributed by atoms with E-state index < -0.39 is 10.0 Å². The smallest absolute Gasteiger partial charge is 0.207 e. The van der Waals surface area contributed by atoms with Crippen molar-refractivity contribution in [3.8, 4) is 12.1 Å². The van der Waals surface area contributed by atoms with E-state index in [1.54, 1.807) is 56.3 Å². The first-order valence-corrected chi connectivity index (χ1v) is 8.95. The van der Waals surface area contributed by atoms with E-state index in [0.717, 1.165) is 5.56 Å². The van der Waals surface area contributed by atoms with Gasteiger partial charge in [0.15, 0.2) is 0 Å². The largest absolute Gasteiger partial charge is 0.243 e. The van der Waals surface area contributed by atoms with Gasteiger partial charge in [-0.25, -0.2) is 8.42 Å². The molecule has 0 N–H and O–H groups in total. The highest BCUT2D eigenvalue weighted by Gasteiger charge is 2.22. The Kier molecular flexibility index (Phi) is 7.38. The minimum Gasteiger partial charge on any atom is -0.207 e. The summed E-state index contributed by atoms with van der Waals surface area (Å²) in [6.45, 7) is 5.48. The molecule has 1 unspecified atom stereocenters. The van der Waals surface area contributed by atoms with E-state index in [-0.39, 0.29) is 23.9 Å². The van der Waals surface area contributed by atoms with Gasteiger partial charge in [-0.1, -0.05) is 35.9 Å². The highest BCUT2D eigenvalue weighted by molar-refractivity contribution is 7.89. The van der Waals surface area contributed by atoms with Crippen molar-refractivity contribution in [1.82, 2.24) is 4.31 Å². The van der Waals surface area contributed by atoms with Gasteiger partial charge >= 0.3 is 0 Å². The van der Waals surface area contributed by atoms with Crippen molar-refractivity contribution >= 4 is 10.0 Å². The van der Waals surface area contributed by atoms with Crippen LogP contribution in [0.15, 0.2) is 53.0 Å². The lowest BCUT2D eigenvalue weighted by Gasteiger charge is -2.19. The van der Waals surface area contributed by atoms with Gasteiger partial charge in [-0.2, -0.15) is 14.8 Å². The molecule has 0 radical (unpaired) electrons. The average Bonchev–Trinajstić information content (AvgIpc) is 2.57. The lowest BCUT2D eigenvalue weighted by molar-refractivity contribution is 0.473. The molecule has 0 heterocycles. The van der Waals surface area contributed by atoms with Gasteiger partial charge in [0.25, 0.3) is 0 Å². The second kappa shape index (κ2) is 9.02. The second-order valence-corrected chi connectivity index (χ2v) is 7.42. The highest BCUT2D eigenvalue weighted by Crippen LogP contribution is 2.17. The molecule has 0 bridgehead atoms. The standard InChI is InChI=1S/C18H21N3O2S/c1-15-6-8-18(9-7-15)24(22,23)21(12-10-17(3)14-20)11-4-5-16(2)13-19/h4-10,16H,11-12H2,1-3H3/b5-4+,17-10+. The molecule has 1 rings (SSSR count). The maximum Gasteiger partial charge on any atom is 0.243 e. The zero-order chi connectivity index (χ0) is 18.2. The second-order valence-electron chi connectivity index (χ2n) is 5.48. The number of hydrogen-bond acceptors (Lipinski definition) is 4. The van der Waals surface area contributed by atoms with Crippen LogP contribution in [0.4, 0.5) is 0 Å². The van der Waals surface area contributed by atoms with Crippen molar-refractivity contribution in [2.75, 3.05) is 13.1 Å². The minimum absolute atomic E-state index is 0.0981. The van der Waals surface area contributed by atoms with Gasteiger partial charge in [0.1, 0.15) is 0 Å². The molecule has 126 valence electrons. The predicted octanol–water partition coefficient (Wildman–Crippen LogP) is 3.17. The van der Waals surface area contributed by atoms with Crippen molar-refractivity contribution in [2.45, 2.75) is 25.7 Å². The van der Waals surface area contributed by atoms with Crippen LogP contribution in [0.1, 0.15) is 19.4 Å². The fourth-order valence-corrected chi connectivity index (χ4v) is 3.17. The molecule has 6 heteroatoms. The minimum atomic E-state index is -3.68. The summed E-state index contributed by atoms with van der Waals surface area (Å²) < 4.78 is 26.9. The lowest BCUT2D eigenvalue weighted by Crippen LogP contribution is -2.31. The van der Waals surface area contributed by atoms with Gasteiger partial charge in [-0.15, -0.1) is 0 Å². The van der Waals surface area contributed by atoms with E-state index in [1.807, 2.05) is 13.0 Å². The Morgan fingerprint density at radius 3 is 2.42 bits per heavy atom. The summed E-state index contributed by atoms with van der Waals surface area (Å²) in [6, 6.07) is 10.7. The number of benzene rings is 1. The maximum absolute atomic E-state index is 12.8. The summed E-state index contributed by atoms with van der Waals surface area (Å²) in [6.07, 6.45) is 4.90. The first-order valence-electron chi connectivity index (χ1n) is 7.51. The van der Waals surface area contributed by atoms with Crippen LogP contribution in [-0.4, -0.2) is 25.8 Å².